The number of amides is 2. The molecule has 0 bridgehead atoms. The molecule has 15 heteroatoms. The van der Waals surface area contributed by atoms with E-state index in [-0.39, 0.29) is 28.6 Å². The summed E-state index contributed by atoms with van der Waals surface area (Å²) in [6.45, 7) is 11.0. The average molecular weight is 715 g/mol. The number of hydrogen-bond donors (Lipinski definition) is 1. The van der Waals surface area contributed by atoms with Crippen molar-refractivity contribution in [2.45, 2.75) is 72.6 Å². The summed E-state index contributed by atoms with van der Waals surface area (Å²) in [7, 11) is 0. The molecule has 11 nitrogen and oxygen atoms in total. The van der Waals surface area contributed by atoms with Crippen LogP contribution in [-0.2, 0) is 46.6 Å². The fourth-order valence-corrected chi connectivity index (χ4v) is 6.62. The molecule has 0 spiro atoms. The number of halogens is 4. The number of benzene rings is 2. The SMILES string of the molecule is CCc1c(N2CCN(C(=O)OC(C)(C)C)CC2)c(=O)n2c(C)c(-c3ccc4c(c3)COC4)nc2n1CC(=O)Nc1ccc(C(F)(F)F)cc1Cl. The van der Waals surface area contributed by atoms with Crippen molar-refractivity contribution in [2.75, 3.05) is 36.4 Å². The maximum absolute atomic E-state index is 14.5. The molecule has 0 radical (unpaired) electrons. The zero-order valence-electron chi connectivity index (χ0n) is 28.4. The number of fused-ring (bicyclic) bond motifs is 2. The largest absolute Gasteiger partial charge is 0.444 e. The molecule has 2 aliphatic rings. The van der Waals surface area contributed by atoms with Crippen LogP contribution in [0.4, 0.5) is 29.3 Å². The lowest BCUT2D eigenvalue weighted by Gasteiger charge is -2.37. The quantitative estimate of drug-likeness (QED) is 0.245. The van der Waals surface area contributed by atoms with Crippen molar-refractivity contribution in [3.8, 4) is 11.3 Å². The van der Waals surface area contributed by atoms with Gasteiger partial charge in [-0.3, -0.25) is 9.59 Å². The number of imidazole rings is 1. The molecule has 2 aliphatic heterocycles. The second-order valence-corrected chi connectivity index (χ2v) is 13.8. The van der Waals surface area contributed by atoms with Gasteiger partial charge in [0.1, 0.15) is 17.8 Å². The first-order valence-corrected chi connectivity index (χ1v) is 16.7. The molecule has 0 atom stereocenters. The molecule has 4 heterocycles. The molecular formula is C35H38ClF3N6O5. The van der Waals surface area contributed by atoms with E-state index in [1.807, 2.05) is 30.0 Å². The fourth-order valence-electron chi connectivity index (χ4n) is 6.39. The Balaban J connectivity index is 1.41. The fraction of sp³-hybridized carbons (Fsp3) is 0.429. The van der Waals surface area contributed by atoms with Gasteiger partial charge >= 0.3 is 12.3 Å². The number of hydrogen-bond acceptors (Lipinski definition) is 7. The minimum Gasteiger partial charge on any atom is -0.444 e. The number of aromatic nitrogens is 3. The molecule has 2 aromatic carbocycles. The number of nitrogens with one attached hydrogen (secondary N) is 1. The summed E-state index contributed by atoms with van der Waals surface area (Å²) in [6, 6.07) is 8.60. The Labute approximate surface area is 291 Å². The van der Waals surface area contributed by atoms with E-state index in [9.17, 15) is 27.6 Å². The van der Waals surface area contributed by atoms with Crippen LogP contribution in [0.15, 0.2) is 41.2 Å². The summed E-state index contributed by atoms with van der Waals surface area (Å²) >= 11 is 6.15. The van der Waals surface area contributed by atoms with Gasteiger partial charge in [-0.2, -0.15) is 13.2 Å². The van der Waals surface area contributed by atoms with Crippen LogP contribution in [0.3, 0.4) is 0 Å². The van der Waals surface area contributed by atoms with Crippen LogP contribution in [0.5, 0.6) is 0 Å². The lowest BCUT2D eigenvalue weighted by atomic mass is 10.0. The minimum atomic E-state index is -4.60. The average Bonchev–Trinajstić information content (AvgIpc) is 3.66. The molecule has 1 N–H and O–H groups in total. The summed E-state index contributed by atoms with van der Waals surface area (Å²) in [5.41, 5.74) is 3.04. The van der Waals surface area contributed by atoms with Gasteiger partial charge in [0, 0.05) is 31.7 Å². The highest BCUT2D eigenvalue weighted by atomic mass is 35.5. The standard InChI is InChI=1S/C35H38ClF3N6O5/c1-6-27-30(42-11-13-43(14-12-42)33(48)50-34(3,4)5)31(47)45-20(2)29(21-7-8-22-18-49-19-23(22)15-21)41-32(45)44(27)17-28(46)40-26-10-9-24(16-25(26)36)35(37,38)39/h7-10,15-16H,6,11-14,17-19H2,1-5H3,(H,40,46). The molecule has 2 aromatic heterocycles. The van der Waals surface area contributed by atoms with Crippen molar-refractivity contribution in [3.63, 3.8) is 0 Å². The Morgan fingerprint density at radius 2 is 1.72 bits per heavy atom. The van der Waals surface area contributed by atoms with Crippen molar-refractivity contribution in [1.29, 1.82) is 0 Å². The van der Waals surface area contributed by atoms with E-state index >= 15 is 0 Å². The third-order valence-electron chi connectivity index (χ3n) is 8.79. The summed E-state index contributed by atoms with van der Waals surface area (Å²) in [6.07, 6.45) is -4.69. The second-order valence-electron chi connectivity index (χ2n) is 13.4. The topological polar surface area (TPSA) is 110 Å². The molecule has 50 heavy (non-hydrogen) atoms. The maximum atomic E-state index is 14.5. The van der Waals surface area contributed by atoms with Crippen LogP contribution in [0.25, 0.3) is 17.0 Å². The highest BCUT2D eigenvalue weighted by Gasteiger charge is 2.32. The van der Waals surface area contributed by atoms with Crippen LogP contribution in [0, 0.1) is 6.92 Å². The summed E-state index contributed by atoms with van der Waals surface area (Å²) in [5, 5.41) is 2.36. The minimum absolute atomic E-state index is 0.0128. The number of nitrogens with zero attached hydrogens (tertiary/aromatic N) is 5. The number of anilines is 2. The number of rotatable bonds is 6. The highest BCUT2D eigenvalue weighted by Crippen LogP contribution is 2.34. The van der Waals surface area contributed by atoms with E-state index in [0.29, 0.717) is 68.6 Å². The maximum Gasteiger partial charge on any atom is 0.416 e. The Morgan fingerprint density at radius 1 is 1.02 bits per heavy atom. The van der Waals surface area contributed by atoms with Gasteiger partial charge in [0.05, 0.1) is 46.6 Å². The smallest absolute Gasteiger partial charge is 0.416 e. The zero-order valence-corrected chi connectivity index (χ0v) is 29.2. The van der Waals surface area contributed by atoms with Crippen molar-refractivity contribution in [3.05, 3.63) is 79.9 Å². The predicted octanol–water partition coefficient (Wildman–Crippen LogP) is 6.43. The first-order chi connectivity index (χ1) is 23.6. The van der Waals surface area contributed by atoms with Gasteiger partial charge in [-0.05, 0) is 69.5 Å². The molecule has 0 unspecified atom stereocenters. The molecule has 0 aliphatic carbocycles. The Bertz CT molecular complexity index is 2040. The Kier molecular flexibility index (Phi) is 9.37. The molecule has 0 saturated carbocycles. The normalized spacial score (nSPS) is 15.1. The number of piperazine rings is 1. The molecule has 266 valence electrons. The lowest BCUT2D eigenvalue weighted by molar-refractivity contribution is -0.137. The molecule has 2 amide bonds. The molecule has 4 aromatic rings. The van der Waals surface area contributed by atoms with Crippen LogP contribution in [0.2, 0.25) is 5.02 Å². The zero-order chi connectivity index (χ0) is 36.1. The van der Waals surface area contributed by atoms with E-state index in [1.165, 1.54) is 4.40 Å². The van der Waals surface area contributed by atoms with Crippen LogP contribution in [0.1, 0.15) is 55.8 Å². The van der Waals surface area contributed by atoms with Gasteiger partial charge in [-0.25, -0.2) is 14.2 Å². The van der Waals surface area contributed by atoms with E-state index in [1.54, 1.807) is 37.2 Å². The van der Waals surface area contributed by atoms with Crippen LogP contribution < -0.4 is 15.8 Å². The van der Waals surface area contributed by atoms with Crippen molar-refractivity contribution < 1.29 is 32.2 Å². The number of ether oxygens (including phenoxy) is 2. The van der Waals surface area contributed by atoms with E-state index in [2.05, 4.69) is 5.32 Å². The monoisotopic (exact) mass is 714 g/mol. The van der Waals surface area contributed by atoms with E-state index in [4.69, 9.17) is 26.1 Å². The van der Waals surface area contributed by atoms with Gasteiger partial charge < -0.3 is 29.2 Å². The first-order valence-electron chi connectivity index (χ1n) is 16.3. The molecular weight excluding hydrogens is 677 g/mol. The third-order valence-corrected chi connectivity index (χ3v) is 9.10. The van der Waals surface area contributed by atoms with Crippen molar-refractivity contribution in [1.82, 2.24) is 18.9 Å². The number of aryl methyl sites for hydroxylation is 1. The predicted molar refractivity (Wildman–Crippen MR) is 183 cm³/mol. The third kappa shape index (κ3) is 6.91. The molecule has 1 saturated heterocycles. The van der Waals surface area contributed by atoms with Crippen LogP contribution in [-0.4, -0.2) is 62.6 Å². The van der Waals surface area contributed by atoms with E-state index in [0.717, 1.165) is 34.9 Å². The van der Waals surface area contributed by atoms with Crippen molar-refractivity contribution in [2.24, 2.45) is 0 Å². The summed E-state index contributed by atoms with van der Waals surface area (Å²) < 4.78 is 54.0. The number of alkyl halides is 3. The van der Waals surface area contributed by atoms with Crippen LogP contribution >= 0.6 is 11.6 Å². The van der Waals surface area contributed by atoms with Crippen molar-refractivity contribution >= 4 is 40.8 Å². The van der Waals surface area contributed by atoms with Gasteiger partial charge in [-0.1, -0.05) is 30.7 Å². The summed E-state index contributed by atoms with van der Waals surface area (Å²) in [4.78, 5) is 49.3. The number of carbonyl (C=O) groups is 2. The second kappa shape index (κ2) is 13.3. The van der Waals surface area contributed by atoms with Gasteiger partial charge in [0.25, 0.3) is 5.56 Å². The highest BCUT2D eigenvalue weighted by molar-refractivity contribution is 6.33. The number of carbonyl (C=O) groups excluding carboxylic acids is 2. The van der Waals surface area contributed by atoms with E-state index < -0.39 is 29.3 Å². The lowest BCUT2D eigenvalue weighted by Crippen LogP contribution is -2.51. The van der Waals surface area contributed by atoms with Gasteiger partial charge in [0.15, 0.2) is 0 Å². The first kappa shape index (κ1) is 35.3. The molecule has 6 rings (SSSR count). The molecule has 1 fully saturated rings. The van der Waals surface area contributed by atoms with Gasteiger partial charge in [-0.15, -0.1) is 0 Å². The van der Waals surface area contributed by atoms with Gasteiger partial charge in [0.2, 0.25) is 11.7 Å². The Hall–Kier alpha value is -4.56. The summed E-state index contributed by atoms with van der Waals surface area (Å²) in [5.74, 6) is -0.342. The Morgan fingerprint density at radius 3 is 2.36 bits per heavy atom.